The van der Waals surface area contributed by atoms with E-state index >= 15 is 0 Å². The lowest BCUT2D eigenvalue weighted by Crippen LogP contribution is -2.48. The van der Waals surface area contributed by atoms with E-state index in [0.29, 0.717) is 0 Å². The monoisotopic (exact) mass is 328 g/mol. The molecule has 0 atom stereocenters. The zero-order valence-corrected chi connectivity index (χ0v) is 17.5. The van der Waals surface area contributed by atoms with Crippen LogP contribution >= 0.6 is 0 Å². The van der Waals surface area contributed by atoms with Crippen LogP contribution in [0.25, 0.3) is 0 Å². The van der Waals surface area contributed by atoms with Crippen LogP contribution in [0.3, 0.4) is 0 Å². The molecule has 0 aromatic heterocycles. The first-order chi connectivity index (χ1) is 11.1. The Bertz CT molecular complexity index is 212. The number of rotatable bonds is 16. The van der Waals surface area contributed by atoms with Gasteiger partial charge in [0.25, 0.3) is 0 Å². The normalized spacial score (nSPS) is 12.8. The molecule has 0 amide bonds. The highest BCUT2D eigenvalue weighted by molar-refractivity contribution is 4.49. The number of hydrogen-bond acceptors (Lipinski definition) is 0. The highest BCUT2D eigenvalue weighted by Gasteiger charge is 2.20. The Hall–Kier alpha value is -0.0800. The summed E-state index contributed by atoms with van der Waals surface area (Å²) in [6.45, 7) is 24.8. The largest absolute Gasteiger partial charge is 0.324 e. The molecule has 0 rings (SSSR count). The van der Waals surface area contributed by atoms with Crippen molar-refractivity contribution in [1.29, 1.82) is 0 Å². The van der Waals surface area contributed by atoms with Gasteiger partial charge >= 0.3 is 0 Å². The maximum absolute atomic E-state index is 2.36. The predicted molar refractivity (Wildman–Crippen MR) is 106 cm³/mol. The van der Waals surface area contributed by atoms with Gasteiger partial charge in [0.1, 0.15) is 0 Å². The Morgan fingerprint density at radius 1 is 0.348 bits per heavy atom. The number of unbranched alkanes of at least 4 members (excludes halogenated alkanes) is 6. The van der Waals surface area contributed by atoms with Crippen molar-refractivity contribution in [2.45, 2.75) is 86.5 Å². The van der Waals surface area contributed by atoms with Crippen LogP contribution in [0.4, 0.5) is 0 Å². The second-order valence-corrected chi connectivity index (χ2v) is 7.50. The Balaban J connectivity index is 3.64. The van der Waals surface area contributed by atoms with Gasteiger partial charge in [-0.05, 0) is 67.2 Å². The highest BCUT2D eigenvalue weighted by atomic mass is 15.3. The number of nitrogens with zero attached hydrogens (tertiary/aromatic N) is 2. The lowest BCUT2D eigenvalue weighted by atomic mass is 10.1. The van der Waals surface area contributed by atoms with Crippen molar-refractivity contribution >= 4 is 0 Å². The van der Waals surface area contributed by atoms with E-state index in [4.69, 9.17) is 0 Å². The molecule has 0 spiro atoms. The molecular weight excluding hydrogens is 280 g/mol. The van der Waals surface area contributed by atoms with Gasteiger partial charge in [-0.3, -0.25) is 0 Å². The summed E-state index contributed by atoms with van der Waals surface area (Å²) in [5, 5.41) is 0. The van der Waals surface area contributed by atoms with E-state index in [1.165, 1.54) is 106 Å². The Morgan fingerprint density at radius 2 is 0.565 bits per heavy atom. The third kappa shape index (κ3) is 8.54. The predicted octanol–water partition coefficient (Wildman–Crippen LogP) is 5.47. The Labute approximate surface area is 148 Å². The van der Waals surface area contributed by atoms with Crippen molar-refractivity contribution in [3.8, 4) is 0 Å². The molecule has 2 nitrogen and oxygen atoms in total. The number of hydrogen-bond donors (Lipinski definition) is 0. The molecule has 140 valence electrons. The first-order valence-electron chi connectivity index (χ1n) is 10.8. The van der Waals surface area contributed by atoms with Gasteiger partial charge in [-0.1, -0.05) is 19.3 Å². The molecule has 0 unspecified atom stereocenters. The smallest absolute Gasteiger partial charge is 0.0786 e. The van der Waals surface area contributed by atoms with Gasteiger partial charge in [-0.15, -0.1) is 0 Å². The molecule has 0 radical (unpaired) electrons. The molecule has 0 aromatic rings. The second-order valence-electron chi connectivity index (χ2n) is 7.50. The minimum atomic E-state index is 1.30. The summed E-state index contributed by atoms with van der Waals surface area (Å²) in [7, 11) is 0. The molecule has 0 aliphatic rings. The van der Waals surface area contributed by atoms with Crippen LogP contribution in [0.1, 0.15) is 86.5 Å². The van der Waals surface area contributed by atoms with Crippen LogP contribution in [-0.2, 0) is 0 Å². The fourth-order valence-corrected chi connectivity index (χ4v) is 4.07. The Kier molecular flexibility index (Phi) is 13.2. The molecule has 0 heterocycles. The summed E-state index contributed by atoms with van der Waals surface area (Å²) in [5.74, 6) is 0. The van der Waals surface area contributed by atoms with E-state index in [2.05, 4.69) is 41.5 Å². The van der Waals surface area contributed by atoms with Crippen molar-refractivity contribution in [1.82, 2.24) is 0 Å². The summed E-state index contributed by atoms with van der Waals surface area (Å²) < 4.78 is 2.65. The van der Waals surface area contributed by atoms with Crippen LogP contribution in [0.5, 0.6) is 0 Å². The van der Waals surface area contributed by atoms with Gasteiger partial charge in [0, 0.05) is 0 Å². The molecule has 0 saturated carbocycles. The molecule has 0 aliphatic heterocycles. The first-order valence-corrected chi connectivity index (χ1v) is 10.8. The minimum Gasteiger partial charge on any atom is -0.324 e. The third-order valence-corrected chi connectivity index (χ3v) is 6.79. The lowest BCUT2D eigenvalue weighted by molar-refractivity contribution is -0.923. The van der Waals surface area contributed by atoms with Gasteiger partial charge in [0.05, 0.1) is 52.4 Å². The topological polar surface area (TPSA) is 0 Å². The van der Waals surface area contributed by atoms with E-state index in [1.54, 1.807) is 0 Å². The molecule has 2 heteroatoms. The van der Waals surface area contributed by atoms with Gasteiger partial charge in [-0.2, -0.15) is 0 Å². The van der Waals surface area contributed by atoms with Crippen molar-refractivity contribution in [3.05, 3.63) is 0 Å². The van der Waals surface area contributed by atoms with Crippen LogP contribution in [0.2, 0.25) is 0 Å². The molecule has 23 heavy (non-hydrogen) atoms. The maximum Gasteiger partial charge on any atom is 0.0786 e. The van der Waals surface area contributed by atoms with E-state index in [-0.39, 0.29) is 0 Å². The Morgan fingerprint density at radius 3 is 0.783 bits per heavy atom. The van der Waals surface area contributed by atoms with Gasteiger partial charge in [0.2, 0.25) is 0 Å². The minimum absolute atomic E-state index is 1.30. The molecule has 0 aliphatic carbocycles. The summed E-state index contributed by atoms with van der Waals surface area (Å²) in [6, 6.07) is 0. The molecule has 0 saturated heterocycles. The molecule has 0 fully saturated rings. The molecule has 0 N–H and O–H groups in total. The van der Waals surface area contributed by atoms with Crippen LogP contribution in [-0.4, -0.2) is 61.3 Å². The molecule has 0 aromatic carbocycles. The molecule has 0 bridgehead atoms. The van der Waals surface area contributed by atoms with Crippen LogP contribution < -0.4 is 0 Å². The number of quaternary nitrogens is 2. The quantitative estimate of drug-likeness (QED) is 0.260. The molecular formula is C21H48N2+2. The zero-order chi connectivity index (χ0) is 17.6. The maximum atomic E-state index is 2.36. The fourth-order valence-electron chi connectivity index (χ4n) is 4.07. The standard InChI is InChI=1S/C21H48N2/c1-7-22(8-2,9-3)20-18-16-14-13-15-17-19-21-23(10-4,11-5)12-6/h7-21H2,1-6H3/q+2. The van der Waals surface area contributed by atoms with E-state index in [0.717, 1.165) is 0 Å². The average Bonchev–Trinajstić information content (AvgIpc) is 2.61. The lowest BCUT2D eigenvalue weighted by Gasteiger charge is -2.36. The van der Waals surface area contributed by atoms with Crippen molar-refractivity contribution in [2.24, 2.45) is 0 Å². The van der Waals surface area contributed by atoms with E-state index in [1.807, 2.05) is 0 Å². The highest BCUT2D eigenvalue weighted by Crippen LogP contribution is 2.14. The van der Waals surface area contributed by atoms with Crippen molar-refractivity contribution in [2.75, 3.05) is 52.4 Å². The fraction of sp³-hybridized carbons (Fsp3) is 1.00. The van der Waals surface area contributed by atoms with Crippen molar-refractivity contribution < 1.29 is 8.97 Å². The average molecular weight is 329 g/mol. The van der Waals surface area contributed by atoms with Crippen LogP contribution in [0.15, 0.2) is 0 Å². The SMILES string of the molecule is CC[N+](CC)(CC)CCCCCCCCC[N+](CC)(CC)CC. The van der Waals surface area contributed by atoms with E-state index < -0.39 is 0 Å². The second kappa shape index (κ2) is 13.2. The van der Waals surface area contributed by atoms with Gasteiger partial charge in [-0.25, -0.2) is 0 Å². The van der Waals surface area contributed by atoms with Gasteiger partial charge < -0.3 is 8.97 Å². The van der Waals surface area contributed by atoms with Crippen LogP contribution in [0, 0.1) is 0 Å². The summed E-state index contributed by atoms with van der Waals surface area (Å²) in [5.41, 5.74) is 0. The summed E-state index contributed by atoms with van der Waals surface area (Å²) >= 11 is 0. The first kappa shape index (κ1) is 22.9. The van der Waals surface area contributed by atoms with Gasteiger partial charge in [0.15, 0.2) is 0 Å². The van der Waals surface area contributed by atoms with E-state index in [9.17, 15) is 0 Å². The summed E-state index contributed by atoms with van der Waals surface area (Å²) in [6.07, 6.45) is 10.1. The van der Waals surface area contributed by atoms with Crippen molar-refractivity contribution in [3.63, 3.8) is 0 Å². The summed E-state index contributed by atoms with van der Waals surface area (Å²) in [4.78, 5) is 0. The third-order valence-electron chi connectivity index (χ3n) is 6.79. The zero-order valence-electron chi connectivity index (χ0n) is 17.5.